The maximum atomic E-state index is 12.0. The number of sulfone groups is 1. The van der Waals surface area contributed by atoms with Gasteiger partial charge in [-0.3, -0.25) is 0 Å². The number of aromatic nitrogens is 2. The van der Waals surface area contributed by atoms with Gasteiger partial charge in [0.2, 0.25) is 0 Å². The molecule has 7 heteroatoms. The van der Waals surface area contributed by atoms with E-state index in [0.29, 0.717) is 12.1 Å². The fourth-order valence-corrected chi connectivity index (χ4v) is 2.98. The van der Waals surface area contributed by atoms with Crippen LogP contribution in [0.2, 0.25) is 0 Å². The molecule has 2 aromatic rings. The van der Waals surface area contributed by atoms with Gasteiger partial charge in [-0.2, -0.15) is 0 Å². The second-order valence-corrected chi connectivity index (χ2v) is 6.55. The van der Waals surface area contributed by atoms with E-state index in [2.05, 4.69) is 4.98 Å². The highest BCUT2D eigenvalue weighted by atomic mass is 32.2. The van der Waals surface area contributed by atoms with E-state index < -0.39 is 15.8 Å². The quantitative estimate of drug-likeness (QED) is 0.802. The Morgan fingerprint density at radius 2 is 2.10 bits per heavy atom. The number of aryl methyl sites for hydroxylation is 1. The minimum atomic E-state index is -3.51. The Kier molecular flexibility index (Phi) is 4.13. The number of rotatable bonds is 4. The molecular formula is C14H16N2O4S. The van der Waals surface area contributed by atoms with Gasteiger partial charge in [0.05, 0.1) is 29.6 Å². The summed E-state index contributed by atoms with van der Waals surface area (Å²) >= 11 is 0. The van der Waals surface area contributed by atoms with Gasteiger partial charge in [-0.15, -0.1) is 0 Å². The van der Waals surface area contributed by atoms with E-state index in [1.807, 2.05) is 6.92 Å². The van der Waals surface area contributed by atoms with Crippen LogP contribution in [-0.4, -0.2) is 37.3 Å². The highest BCUT2D eigenvalue weighted by Crippen LogP contribution is 2.26. The maximum absolute atomic E-state index is 12.0. The van der Waals surface area contributed by atoms with Crippen LogP contribution in [0.1, 0.15) is 22.8 Å². The first-order valence-electron chi connectivity index (χ1n) is 6.32. The molecule has 0 aliphatic carbocycles. The van der Waals surface area contributed by atoms with Gasteiger partial charge >= 0.3 is 5.97 Å². The van der Waals surface area contributed by atoms with Crippen LogP contribution in [0.3, 0.4) is 0 Å². The molecule has 112 valence electrons. The van der Waals surface area contributed by atoms with E-state index in [0.717, 1.165) is 11.8 Å². The zero-order chi connectivity index (χ0) is 15.6. The molecular weight excluding hydrogens is 292 g/mol. The van der Waals surface area contributed by atoms with Crippen molar-refractivity contribution in [1.82, 2.24) is 9.55 Å². The SMILES string of the molecule is CCc1cc(-n2ccnc2)c(S(C)(=O)=O)cc1C(=O)OC. The van der Waals surface area contributed by atoms with E-state index >= 15 is 0 Å². The molecule has 0 N–H and O–H groups in total. The van der Waals surface area contributed by atoms with Crippen LogP contribution in [0.15, 0.2) is 35.7 Å². The van der Waals surface area contributed by atoms with Gasteiger partial charge in [-0.1, -0.05) is 6.92 Å². The second kappa shape index (κ2) is 5.69. The van der Waals surface area contributed by atoms with Crippen molar-refractivity contribution in [3.63, 3.8) is 0 Å². The predicted octanol–water partition coefficient (Wildman–Crippen LogP) is 1.62. The van der Waals surface area contributed by atoms with Crippen LogP contribution in [0, 0.1) is 0 Å². The van der Waals surface area contributed by atoms with Gasteiger partial charge in [-0.25, -0.2) is 18.2 Å². The van der Waals surface area contributed by atoms with Gasteiger partial charge in [0, 0.05) is 18.6 Å². The topological polar surface area (TPSA) is 78.3 Å². The summed E-state index contributed by atoms with van der Waals surface area (Å²) in [6.07, 6.45) is 6.42. The lowest BCUT2D eigenvalue weighted by atomic mass is 10.0. The zero-order valence-electron chi connectivity index (χ0n) is 12.0. The normalized spacial score (nSPS) is 11.4. The third kappa shape index (κ3) is 2.97. The summed E-state index contributed by atoms with van der Waals surface area (Å²) in [7, 11) is -2.24. The summed E-state index contributed by atoms with van der Waals surface area (Å²) in [6.45, 7) is 1.89. The average Bonchev–Trinajstić information content (AvgIpc) is 2.98. The number of methoxy groups -OCH3 is 1. The van der Waals surface area contributed by atoms with Crippen LogP contribution in [-0.2, 0) is 21.0 Å². The van der Waals surface area contributed by atoms with Crippen molar-refractivity contribution in [2.45, 2.75) is 18.2 Å². The van der Waals surface area contributed by atoms with Crippen molar-refractivity contribution in [2.75, 3.05) is 13.4 Å². The number of esters is 1. The number of hydrogen-bond acceptors (Lipinski definition) is 5. The number of nitrogens with zero attached hydrogens (tertiary/aromatic N) is 2. The van der Waals surface area contributed by atoms with Crippen LogP contribution in [0.5, 0.6) is 0 Å². The molecule has 0 saturated heterocycles. The first-order valence-corrected chi connectivity index (χ1v) is 8.21. The molecule has 0 spiro atoms. The van der Waals surface area contributed by atoms with E-state index in [1.165, 1.54) is 19.5 Å². The van der Waals surface area contributed by atoms with Gasteiger partial charge in [0.1, 0.15) is 0 Å². The largest absolute Gasteiger partial charge is 0.465 e. The summed E-state index contributed by atoms with van der Waals surface area (Å²) in [5, 5.41) is 0. The van der Waals surface area contributed by atoms with Crippen LogP contribution in [0.4, 0.5) is 0 Å². The Bertz CT molecular complexity index is 765. The van der Waals surface area contributed by atoms with E-state index in [-0.39, 0.29) is 10.5 Å². The van der Waals surface area contributed by atoms with Gasteiger partial charge in [0.25, 0.3) is 0 Å². The summed E-state index contributed by atoms with van der Waals surface area (Å²) in [5.74, 6) is -0.547. The summed E-state index contributed by atoms with van der Waals surface area (Å²) in [6, 6.07) is 3.06. The molecule has 0 fully saturated rings. The Morgan fingerprint density at radius 3 is 2.57 bits per heavy atom. The van der Waals surface area contributed by atoms with Crippen molar-refractivity contribution in [3.05, 3.63) is 42.0 Å². The molecule has 0 radical (unpaired) electrons. The Morgan fingerprint density at radius 1 is 1.38 bits per heavy atom. The smallest absolute Gasteiger partial charge is 0.338 e. The lowest BCUT2D eigenvalue weighted by molar-refractivity contribution is 0.0599. The molecule has 6 nitrogen and oxygen atoms in total. The minimum Gasteiger partial charge on any atom is -0.465 e. The maximum Gasteiger partial charge on any atom is 0.338 e. The second-order valence-electron chi connectivity index (χ2n) is 4.56. The van der Waals surface area contributed by atoms with Gasteiger partial charge < -0.3 is 9.30 Å². The third-order valence-corrected chi connectivity index (χ3v) is 4.28. The van der Waals surface area contributed by atoms with Gasteiger partial charge in [0.15, 0.2) is 9.84 Å². The van der Waals surface area contributed by atoms with Crippen LogP contribution in [0.25, 0.3) is 5.69 Å². The number of hydrogen-bond donors (Lipinski definition) is 0. The Labute approximate surface area is 123 Å². The highest BCUT2D eigenvalue weighted by Gasteiger charge is 2.21. The fraction of sp³-hybridized carbons (Fsp3) is 0.286. The highest BCUT2D eigenvalue weighted by molar-refractivity contribution is 7.90. The third-order valence-electron chi connectivity index (χ3n) is 3.15. The van der Waals surface area contributed by atoms with Gasteiger partial charge in [-0.05, 0) is 24.1 Å². The number of benzene rings is 1. The molecule has 1 heterocycles. The van der Waals surface area contributed by atoms with Crippen molar-refractivity contribution in [3.8, 4) is 5.69 Å². The number of imidazole rings is 1. The van der Waals surface area contributed by atoms with Crippen molar-refractivity contribution < 1.29 is 17.9 Å². The molecule has 0 unspecified atom stereocenters. The minimum absolute atomic E-state index is 0.0677. The number of carbonyl (C=O) groups excluding carboxylic acids is 1. The van der Waals surface area contributed by atoms with Crippen LogP contribution >= 0.6 is 0 Å². The Balaban J connectivity index is 2.79. The number of carbonyl (C=O) groups is 1. The standard InChI is InChI=1S/C14H16N2O4S/c1-4-10-7-12(16-6-5-15-9-16)13(21(3,18)19)8-11(10)14(17)20-2/h5-9H,4H2,1-3H3. The summed E-state index contributed by atoms with van der Waals surface area (Å²) < 4.78 is 30.4. The molecule has 1 aromatic heterocycles. The molecule has 21 heavy (non-hydrogen) atoms. The first-order chi connectivity index (χ1) is 9.88. The van der Waals surface area contributed by atoms with Crippen LogP contribution < -0.4 is 0 Å². The van der Waals surface area contributed by atoms with Crippen molar-refractivity contribution in [1.29, 1.82) is 0 Å². The molecule has 0 aliphatic heterocycles. The molecule has 1 aromatic carbocycles. The lowest BCUT2D eigenvalue weighted by Crippen LogP contribution is -2.11. The van der Waals surface area contributed by atoms with E-state index in [1.54, 1.807) is 23.0 Å². The Hall–Kier alpha value is -2.15. The molecule has 0 aliphatic rings. The first kappa shape index (κ1) is 15.2. The molecule has 0 amide bonds. The molecule has 0 bridgehead atoms. The lowest BCUT2D eigenvalue weighted by Gasteiger charge is -2.14. The number of ether oxygens (including phenoxy) is 1. The van der Waals surface area contributed by atoms with Crippen molar-refractivity contribution in [2.24, 2.45) is 0 Å². The van der Waals surface area contributed by atoms with Crippen molar-refractivity contribution >= 4 is 15.8 Å². The predicted molar refractivity (Wildman–Crippen MR) is 77.4 cm³/mol. The molecule has 2 rings (SSSR count). The zero-order valence-corrected chi connectivity index (χ0v) is 12.8. The summed E-state index contributed by atoms with van der Waals surface area (Å²) in [4.78, 5) is 15.8. The molecule has 0 atom stereocenters. The van der Waals surface area contributed by atoms with E-state index in [9.17, 15) is 13.2 Å². The summed E-state index contributed by atoms with van der Waals surface area (Å²) in [5.41, 5.74) is 1.46. The fourth-order valence-electron chi connectivity index (χ4n) is 2.10. The van der Waals surface area contributed by atoms with E-state index in [4.69, 9.17) is 4.74 Å². The average molecular weight is 308 g/mol. The monoisotopic (exact) mass is 308 g/mol. The molecule has 0 saturated carbocycles.